The van der Waals surface area contributed by atoms with Crippen LogP contribution in [0.25, 0.3) is 5.57 Å². The maximum Gasteiger partial charge on any atom is 0.186 e. The second-order valence-electron chi connectivity index (χ2n) is 3.69. The van der Waals surface area contributed by atoms with Crippen molar-refractivity contribution in [3.63, 3.8) is 0 Å². The van der Waals surface area contributed by atoms with Crippen LogP contribution in [0.15, 0.2) is 11.8 Å². The highest BCUT2D eigenvalue weighted by molar-refractivity contribution is 7.16. The number of hydrogen-bond acceptors (Lipinski definition) is 7. The van der Waals surface area contributed by atoms with E-state index in [1.165, 1.54) is 17.5 Å². The Balaban J connectivity index is 2.31. The van der Waals surface area contributed by atoms with Gasteiger partial charge in [0, 0.05) is 19.3 Å². The molecule has 0 bridgehead atoms. The standard InChI is InChI=1S/C12H9N5OS/c13-5-9(6-14)10(7-15)11-8-16-12(19-11)17-1-3-18-4-2-17/h8H,1-4H2. The maximum absolute atomic E-state index is 9.07. The van der Waals surface area contributed by atoms with Crippen LogP contribution in [0.3, 0.4) is 0 Å². The lowest BCUT2D eigenvalue weighted by Crippen LogP contribution is -2.36. The summed E-state index contributed by atoms with van der Waals surface area (Å²) in [5.41, 5.74) is -0.0957. The molecule has 0 amide bonds. The summed E-state index contributed by atoms with van der Waals surface area (Å²) >= 11 is 1.31. The van der Waals surface area contributed by atoms with Gasteiger partial charge in [0.1, 0.15) is 23.8 Å². The van der Waals surface area contributed by atoms with E-state index in [9.17, 15) is 0 Å². The minimum Gasteiger partial charge on any atom is -0.378 e. The molecular weight excluding hydrogens is 262 g/mol. The molecular formula is C12H9N5OS. The first kappa shape index (κ1) is 13.0. The summed E-state index contributed by atoms with van der Waals surface area (Å²) < 4.78 is 5.26. The van der Waals surface area contributed by atoms with Gasteiger partial charge in [-0.3, -0.25) is 0 Å². The molecule has 0 atom stereocenters. The van der Waals surface area contributed by atoms with E-state index in [1.54, 1.807) is 12.1 Å². The second kappa shape index (κ2) is 5.97. The third-order valence-electron chi connectivity index (χ3n) is 2.61. The van der Waals surface area contributed by atoms with E-state index in [-0.39, 0.29) is 11.1 Å². The summed E-state index contributed by atoms with van der Waals surface area (Å²) in [5, 5.41) is 27.5. The molecule has 19 heavy (non-hydrogen) atoms. The van der Waals surface area contributed by atoms with Crippen LogP contribution >= 0.6 is 11.3 Å². The van der Waals surface area contributed by atoms with E-state index in [4.69, 9.17) is 20.5 Å². The Morgan fingerprint density at radius 3 is 2.47 bits per heavy atom. The number of aromatic nitrogens is 1. The Labute approximate surface area is 114 Å². The van der Waals surface area contributed by atoms with Crippen molar-refractivity contribution < 1.29 is 4.74 Å². The molecule has 2 heterocycles. The first-order valence-corrected chi connectivity index (χ1v) is 6.35. The van der Waals surface area contributed by atoms with E-state index in [1.807, 2.05) is 6.07 Å². The summed E-state index contributed by atoms with van der Waals surface area (Å²) in [7, 11) is 0. The molecule has 0 N–H and O–H groups in total. The van der Waals surface area contributed by atoms with Crippen molar-refractivity contribution in [1.82, 2.24) is 4.98 Å². The normalized spacial score (nSPS) is 14.1. The lowest BCUT2D eigenvalue weighted by molar-refractivity contribution is 0.122. The van der Waals surface area contributed by atoms with Gasteiger partial charge in [-0.2, -0.15) is 15.8 Å². The minimum atomic E-state index is -0.181. The lowest BCUT2D eigenvalue weighted by Gasteiger charge is -2.25. The predicted molar refractivity (Wildman–Crippen MR) is 68.9 cm³/mol. The smallest absolute Gasteiger partial charge is 0.186 e. The summed E-state index contributed by atoms with van der Waals surface area (Å²) in [6, 6.07) is 5.36. The fraction of sp³-hybridized carbons (Fsp3) is 0.333. The van der Waals surface area contributed by atoms with Gasteiger partial charge in [0.25, 0.3) is 0 Å². The third-order valence-corrected chi connectivity index (χ3v) is 3.68. The van der Waals surface area contributed by atoms with Crippen LogP contribution in [0.2, 0.25) is 0 Å². The van der Waals surface area contributed by atoms with Crippen molar-refractivity contribution in [2.75, 3.05) is 31.2 Å². The molecule has 1 saturated heterocycles. The van der Waals surface area contributed by atoms with E-state index in [0.717, 1.165) is 18.2 Å². The molecule has 0 aliphatic carbocycles. The molecule has 0 unspecified atom stereocenters. The fourth-order valence-electron chi connectivity index (χ4n) is 1.65. The summed E-state index contributed by atoms with van der Waals surface area (Å²) in [6.07, 6.45) is 1.53. The molecule has 0 aromatic carbocycles. The molecule has 1 aromatic heterocycles. The van der Waals surface area contributed by atoms with Gasteiger partial charge in [-0.15, -0.1) is 0 Å². The lowest BCUT2D eigenvalue weighted by atomic mass is 10.1. The van der Waals surface area contributed by atoms with Gasteiger partial charge in [-0.05, 0) is 0 Å². The van der Waals surface area contributed by atoms with E-state index in [0.29, 0.717) is 18.1 Å². The van der Waals surface area contributed by atoms with Crippen LogP contribution in [0.4, 0.5) is 5.13 Å². The van der Waals surface area contributed by atoms with Gasteiger partial charge in [0.05, 0.1) is 23.7 Å². The van der Waals surface area contributed by atoms with Crippen LogP contribution < -0.4 is 4.90 Å². The molecule has 7 heteroatoms. The molecule has 94 valence electrons. The molecule has 0 spiro atoms. The number of nitriles is 3. The van der Waals surface area contributed by atoms with Crippen molar-refractivity contribution in [3.8, 4) is 18.2 Å². The zero-order valence-electron chi connectivity index (χ0n) is 9.96. The average Bonchev–Trinajstić information content (AvgIpc) is 2.95. The number of allylic oxidation sites excluding steroid dienone is 2. The van der Waals surface area contributed by atoms with Crippen molar-refractivity contribution in [2.45, 2.75) is 0 Å². The number of rotatable bonds is 2. The number of anilines is 1. The monoisotopic (exact) mass is 271 g/mol. The minimum absolute atomic E-state index is 0.0852. The highest BCUT2D eigenvalue weighted by atomic mass is 32.1. The Morgan fingerprint density at radius 2 is 1.89 bits per heavy atom. The Morgan fingerprint density at radius 1 is 1.21 bits per heavy atom. The van der Waals surface area contributed by atoms with Gasteiger partial charge in [0.2, 0.25) is 0 Å². The van der Waals surface area contributed by atoms with Gasteiger partial charge in [-0.25, -0.2) is 4.98 Å². The molecule has 2 rings (SSSR count). The van der Waals surface area contributed by atoms with Crippen LogP contribution in [0.5, 0.6) is 0 Å². The highest BCUT2D eigenvalue weighted by Crippen LogP contribution is 2.29. The van der Waals surface area contributed by atoms with Crippen molar-refractivity contribution in [1.29, 1.82) is 15.8 Å². The SMILES string of the molecule is N#CC(C#N)=C(C#N)c1cnc(N2CCOCC2)s1. The maximum atomic E-state index is 9.07. The molecule has 0 radical (unpaired) electrons. The van der Waals surface area contributed by atoms with Gasteiger partial charge in [-0.1, -0.05) is 11.3 Å². The quantitative estimate of drug-likeness (QED) is 0.752. The molecule has 1 aliphatic rings. The summed E-state index contributed by atoms with van der Waals surface area (Å²) in [4.78, 5) is 6.85. The number of nitrogens with zero attached hydrogens (tertiary/aromatic N) is 5. The number of hydrogen-bond donors (Lipinski definition) is 0. The van der Waals surface area contributed by atoms with Crippen LogP contribution in [0.1, 0.15) is 4.88 Å². The molecule has 0 saturated carbocycles. The van der Waals surface area contributed by atoms with Crippen molar-refractivity contribution in [2.24, 2.45) is 0 Å². The largest absolute Gasteiger partial charge is 0.378 e. The number of ether oxygens (including phenoxy) is 1. The number of morpholine rings is 1. The predicted octanol–water partition coefficient (Wildman–Crippen LogP) is 1.30. The third kappa shape index (κ3) is 2.71. The first-order valence-electron chi connectivity index (χ1n) is 5.53. The van der Waals surface area contributed by atoms with Crippen LogP contribution in [0, 0.1) is 34.0 Å². The first-order chi connectivity index (χ1) is 9.30. The van der Waals surface area contributed by atoms with Gasteiger partial charge in [0.15, 0.2) is 5.13 Å². The van der Waals surface area contributed by atoms with E-state index >= 15 is 0 Å². The van der Waals surface area contributed by atoms with E-state index < -0.39 is 0 Å². The van der Waals surface area contributed by atoms with Crippen molar-refractivity contribution >= 4 is 22.0 Å². The fourth-order valence-corrected chi connectivity index (χ4v) is 2.62. The van der Waals surface area contributed by atoms with Gasteiger partial charge < -0.3 is 9.64 Å². The molecule has 6 nitrogen and oxygen atoms in total. The summed E-state index contributed by atoms with van der Waals surface area (Å²) in [6.45, 7) is 2.80. The highest BCUT2D eigenvalue weighted by Gasteiger charge is 2.17. The summed E-state index contributed by atoms with van der Waals surface area (Å²) in [5.74, 6) is 0. The van der Waals surface area contributed by atoms with Crippen LogP contribution in [-0.4, -0.2) is 31.3 Å². The number of thiazole rings is 1. The molecule has 1 fully saturated rings. The zero-order chi connectivity index (χ0) is 13.7. The molecule has 1 aromatic rings. The van der Waals surface area contributed by atoms with Crippen LogP contribution in [-0.2, 0) is 4.74 Å². The topological polar surface area (TPSA) is 96.7 Å². The average molecular weight is 271 g/mol. The Bertz CT molecular complexity index is 606. The van der Waals surface area contributed by atoms with Crippen molar-refractivity contribution in [3.05, 3.63) is 16.6 Å². The zero-order valence-corrected chi connectivity index (χ0v) is 10.8. The Kier molecular flexibility index (Phi) is 4.10. The second-order valence-corrected chi connectivity index (χ2v) is 4.70. The van der Waals surface area contributed by atoms with E-state index in [2.05, 4.69) is 9.88 Å². The Hall–Kier alpha value is -2.40. The molecule has 1 aliphatic heterocycles. The van der Waals surface area contributed by atoms with Gasteiger partial charge >= 0.3 is 0 Å².